The molecular weight excluding hydrogens is 571 g/mol. The number of carbonyl (C=O) groups is 3. The monoisotopic (exact) mass is 590 g/mol. The van der Waals surface area contributed by atoms with Crippen molar-refractivity contribution in [2.75, 3.05) is 11.9 Å². The molecule has 0 spiro atoms. The fourth-order valence-corrected chi connectivity index (χ4v) is 5.34. The summed E-state index contributed by atoms with van der Waals surface area (Å²) in [6.07, 6.45) is 1.66. The van der Waals surface area contributed by atoms with Gasteiger partial charge in [0, 0.05) is 5.69 Å². The number of nitrogens with one attached hydrogen (secondary N) is 1. The fraction of sp³-hybridized carbons (Fsp3) is 0.0690. The quantitative estimate of drug-likeness (QED) is 0.235. The molecule has 1 N–H and O–H groups in total. The van der Waals surface area contributed by atoms with Gasteiger partial charge in [-0.1, -0.05) is 48.5 Å². The maximum absolute atomic E-state index is 13.1. The molecule has 5 rings (SSSR count). The van der Waals surface area contributed by atoms with Crippen molar-refractivity contribution in [3.8, 4) is 5.75 Å². The number of imide groups is 1. The van der Waals surface area contributed by atoms with Crippen molar-refractivity contribution in [1.29, 1.82) is 0 Å². The lowest BCUT2D eigenvalue weighted by Gasteiger charge is -2.14. The number of thioether (sulfide) groups is 1. The zero-order chi connectivity index (χ0) is 26.6. The number of hydrogen-bond acceptors (Lipinski definition) is 5. The summed E-state index contributed by atoms with van der Waals surface area (Å²) in [5, 5.41) is 4.36. The van der Waals surface area contributed by atoms with E-state index >= 15 is 0 Å². The van der Waals surface area contributed by atoms with Gasteiger partial charge in [0.25, 0.3) is 17.1 Å². The first-order valence-electron chi connectivity index (χ1n) is 11.6. The minimum Gasteiger partial charge on any atom is -0.483 e. The van der Waals surface area contributed by atoms with Crippen molar-refractivity contribution < 1.29 is 23.5 Å². The Balaban J connectivity index is 1.24. The largest absolute Gasteiger partial charge is 0.483 e. The Morgan fingerprint density at radius 3 is 2.55 bits per heavy atom. The average Bonchev–Trinajstić information content (AvgIpc) is 3.17. The van der Waals surface area contributed by atoms with E-state index in [1.165, 1.54) is 29.2 Å². The first kappa shape index (κ1) is 25.7. The summed E-state index contributed by atoms with van der Waals surface area (Å²) < 4.78 is 19.2. The van der Waals surface area contributed by atoms with Gasteiger partial charge in [-0.15, -0.1) is 0 Å². The van der Waals surface area contributed by atoms with Crippen LogP contribution in [0.15, 0.2) is 94.3 Å². The van der Waals surface area contributed by atoms with Crippen molar-refractivity contribution in [3.05, 3.63) is 111 Å². The number of carbonyl (C=O) groups excluding carboxylic acids is 3. The molecular formula is C29H20BrFN2O4S. The van der Waals surface area contributed by atoms with Crippen LogP contribution in [0.2, 0.25) is 0 Å². The molecule has 1 aliphatic rings. The molecule has 1 saturated heterocycles. The second-order valence-corrected chi connectivity index (χ2v) is 10.3. The maximum atomic E-state index is 13.1. The molecule has 0 saturated carbocycles. The van der Waals surface area contributed by atoms with Crippen LogP contribution in [0.5, 0.6) is 5.75 Å². The molecule has 1 heterocycles. The zero-order valence-electron chi connectivity index (χ0n) is 19.8. The van der Waals surface area contributed by atoms with E-state index in [2.05, 4.69) is 21.2 Å². The van der Waals surface area contributed by atoms with Gasteiger partial charge < -0.3 is 10.1 Å². The van der Waals surface area contributed by atoms with Crippen LogP contribution in [-0.2, 0) is 16.1 Å². The van der Waals surface area contributed by atoms with Gasteiger partial charge in [0.15, 0.2) is 6.61 Å². The second kappa shape index (κ2) is 11.2. The molecule has 1 aliphatic heterocycles. The van der Waals surface area contributed by atoms with Gasteiger partial charge in [-0.05, 0) is 92.1 Å². The van der Waals surface area contributed by atoms with Gasteiger partial charge in [0.1, 0.15) is 11.6 Å². The average molecular weight is 591 g/mol. The molecule has 1 fully saturated rings. The van der Waals surface area contributed by atoms with Crippen molar-refractivity contribution in [2.24, 2.45) is 0 Å². The zero-order valence-corrected chi connectivity index (χ0v) is 22.2. The number of halogens is 2. The molecule has 0 atom stereocenters. The molecule has 4 aromatic carbocycles. The summed E-state index contributed by atoms with van der Waals surface area (Å²) in [6, 6.07) is 24.3. The van der Waals surface area contributed by atoms with Gasteiger partial charge in [-0.3, -0.25) is 19.3 Å². The van der Waals surface area contributed by atoms with Crippen LogP contribution in [0.4, 0.5) is 14.9 Å². The Bertz CT molecular complexity index is 1580. The number of benzene rings is 4. The SMILES string of the molecule is O=C(COc1ccc(/C=C2/SC(=O)N(Cc3cccc4ccccc34)C2=O)cc1Br)Nc1ccc(F)cc1. The van der Waals surface area contributed by atoms with E-state index in [1.54, 1.807) is 24.3 Å². The summed E-state index contributed by atoms with van der Waals surface area (Å²) in [5.41, 5.74) is 2.05. The van der Waals surface area contributed by atoms with Crippen LogP contribution in [0.25, 0.3) is 16.8 Å². The minimum absolute atomic E-state index is 0.194. The Kier molecular flexibility index (Phi) is 7.57. The maximum Gasteiger partial charge on any atom is 0.293 e. The van der Waals surface area contributed by atoms with Crippen molar-refractivity contribution in [2.45, 2.75) is 6.54 Å². The Morgan fingerprint density at radius 2 is 1.76 bits per heavy atom. The predicted octanol–water partition coefficient (Wildman–Crippen LogP) is 7.00. The van der Waals surface area contributed by atoms with E-state index in [-0.39, 0.29) is 24.3 Å². The van der Waals surface area contributed by atoms with Gasteiger partial charge in [-0.25, -0.2) is 4.39 Å². The first-order valence-corrected chi connectivity index (χ1v) is 13.2. The van der Waals surface area contributed by atoms with E-state index in [0.717, 1.165) is 28.1 Å². The number of fused-ring (bicyclic) bond motifs is 1. The van der Waals surface area contributed by atoms with E-state index in [0.29, 0.717) is 26.4 Å². The molecule has 0 radical (unpaired) electrons. The summed E-state index contributed by atoms with van der Waals surface area (Å²) in [5.74, 6) is -0.701. The van der Waals surface area contributed by atoms with Crippen LogP contribution in [0, 0.1) is 5.82 Å². The number of hydrogen-bond donors (Lipinski definition) is 1. The van der Waals surface area contributed by atoms with E-state index in [4.69, 9.17) is 4.74 Å². The lowest BCUT2D eigenvalue weighted by atomic mass is 10.0. The van der Waals surface area contributed by atoms with Crippen LogP contribution < -0.4 is 10.1 Å². The molecule has 0 bridgehead atoms. The highest BCUT2D eigenvalue weighted by molar-refractivity contribution is 9.10. The van der Waals surface area contributed by atoms with Crippen molar-refractivity contribution >= 4 is 67.3 Å². The standard InChI is InChI=1S/C29H20BrFN2O4S/c30-24-14-18(8-13-25(24)37-17-27(34)32-22-11-9-21(31)10-12-22)15-26-28(35)33(29(36)38-26)16-20-6-3-5-19-4-1-2-7-23(19)20/h1-15H,16-17H2,(H,32,34)/b26-15+. The number of amides is 3. The fourth-order valence-electron chi connectivity index (χ4n) is 3.99. The van der Waals surface area contributed by atoms with Crippen molar-refractivity contribution in [3.63, 3.8) is 0 Å². The smallest absolute Gasteiger partial charge is 0.293 e. The normalized spacial score (nSPS) is 14.4. The summed E-state index contributed by atoms with van der Waals surface area (Å²) in [7, 11) is 0. The highest BCUT2D eigenvalue weighted by Crippen LogP contribution is 2.35. The van der Waals surface area contributed by atoms with Gasteiger partial charge in [0.05, 0.1) is 15.9 Å². The Hall–Kier alpha value is -3.95. The summed E-state index contributed by atoms with van der Waals surface area (Å²) >= 11 is 4.33. The molecule has 38 heavy (non-hydrogen) atoms. The second-order valence-electron chi connectivity index (χ2n) is 8.44. The third-order valence-electron chi connectivity index (χ3n) is 5.82. The van der Waals surface area contributed by atoms with Gasteiger partial charge in [0.2, 0.25) is 0 Å². The molecule has 0 aliphatic carbocycles. The predicted molar refractivity (Wildman–Crippen MR) is 150 cm³/mol. The number of rotatable bonds is 7. The van der Waals surface area contributed by atoms with Crippen molar-refractivity contribution in [1.82, 2.24) is 4.90 Å². The first-order chi connectivity index (χ1) is 18.4. The van der Waals surface area contributed by atoms with Crippen LogP contribution in [0.3, 0.4) is 0 Å². The molecule has 0 aromatic heterocycles. The third kappa shape index (κ3) is 5.79. The lowest BCUT2D eigenvalue weighted by Crippen LogP contribution is -2.27. The van der Waals surface area contributed by atoms with Crippen LogP contribution >= 0.6 is 27.7 Å². The molecule has 190 valence electrons. The van der Waals surface area contributed by atoms with E-state index < -0.39 is 11.7 Å². The number of nitrogens with zero attached hydrogens (tertiary/aromatic N) is 1. The highest BCUT2D eigenvalue weighted by Gasteiger charge is 2.35. The number of anilines is 1. The molecule has 3 amide bonds. The summed E-state index contributed by atoms with van der Waals surface area (Å²) in [6.45, 7) is -0.0534. The number of ether oxygens (including phenoxy) is 1. The van der Waals surface area contributed by atoms with Gasteiger partial charge >= 0.3 is 0 Å². The minimum atomic E-state index is -0.396. The van der Waals surface area contributed by atoms with Crippen LogP contribution in [-0.4, -0.2) is 28.6 Å². The van der Waals surface area contributed by atoms with E-state index in [1.807, 2.05) is 42.5 Å². The summed E-state index contributed by atoms with van der Waals surface area (Å²) in [4.78, 5) is 39.5. The lowest BCUT2D eigenvalue weighted by molar-refractivity contribution is -0.123. The third-order valence-corrected chi connectivity index (χ3v) is 7.35. The highest BCUT2D eigenvalue weighted by atomic mass is 79.9. The molecule has 0 unspecified atom stereocenters. The molecule has 4 aromatic rings. The van der Waals surface area contributed by atoms with E-state index in [9.17, 15) is 18.8 Å². The van der Waals surface area contributed by atoms with Crippen LogP contribution in [0.1, 0.15) is 11.1 Å². The Morgan fingerprint density at radius 1 is 1.00 bits per heavy atom. The molecule has 6 nitrogen and oxygen atoms in total. The topological polar surface area (TPSA) is 75.7 Å². The Labute approximate surface area is 230 Å². The van der Waals surface area contributed by atoms with Gasteiger partial charge in [-0.2, -0.15) is 0 Å². The molecule has 9 heteroatoms.